The fourth-order valence-electron chi connectivity index (χ4n) is 2.73. The minimum atomic E-state index is -0.310. The maximum absolute atomic E-state index is 11.2. The molecule has 0 heterocycles. The van der Waals surface area contributed by atoms with Gasteiger partial charge in [0.25, 0.3) is 5.69 Å². The first-order valence-corrected chi connectivity index (χ1v) is 7.06. The summed E-state index contributed by atoms with van der Waals surface area (Å²) in [7, 11) is 1.74. The Labute approximate surface area is 119 Å². The third-order valence-corrected chi connectivity index (χ3v) is 4.18. The first kappa shape index (κ1) is 14.8. The molecule has 2 rings (SSSR count). The summed E-state index contributed by atoms with van der Waals surface area (Å²) in [4.78, 5) is 10.9. The zero-order valence-corrected chi connectivity index (χ0v) is 12.3. The number of rotatable bonds is 4. The van der Waals surface area contributed by atoms with Crippen LogP contribution in [-0.4, -0.2) is 24.2 Å². The second-order valence-corrected chi connectivity index (χ2v) is 5.56. The van der Waals surface area contributed by atoms with E-state index in [0.29, 0.717) is 17.8 Å². The van der Waals surface area contributed by atoms with Crippen LogP contribution in [0.3, 0.4) is 0 Å². The predicted octanol–water partition coefficient (Wildman–Crippen LogP) is 3.58. The zero-order valence-electron chi connectivity index (χ0n) is 12.3. The van der Waals surface area contributed by atoms with Crippen molar-refractivity contribution in [2.75, 3.05) is 12.4 Å². The molecule has 1 aromatic carbocycles. The number of methoxy groups -OCH3 is 1. The number of nitro benzene ring substituents is 1. The van der Waals surface area contributed by atoms with Gasteiger partial charge in [-0.05, 0) is 56.7 Å². The third-order valence-electron chi connectivity index (χ3n) is 4.18. The molecule has 0 amide bonds. The van der Waals surface area contributed by atoms with Gasteiger partial charge in [0, 0.05) is 19.2 Å². The van der Waals surface area contributed by atoms with E-state index in [-0.39, 0.29) is 10.6 Å². The normalized spacial score (nSPS) is 22.6. The van der Waals surface area contributed by atoms with Crippen LogP contribution in [0.25, 0.3) is 0 Å². The van der Waals surface area contributed by atoms with Gasteiger partial charge in [0.2, 0.25) is 0 Å². The van der Waals surface area contributed by atoms with Crippen LogP contribution >= 0.6 is 0 Å². The number of anilines is 1. The van der Waals surface area contributed by atoms with E-state index < -0.39 is 0 Å². The largest absolute Gasteiger partial charge is 0.381 e. The van der Waals surface area contributed by atoms with Crippen LogP contribution in [0, 0.1) is 24.0 Å². The van der Waals surface area contributed by atoms with Gasteiger partial charge in [0.15, 0.2) is 0 Å². The van der Waals surface area contributed by atoms with Gasteiger partial charge in [-0.3, -0.25) is 10.1 Å². The van der Waals surface area contributed by atoms with E-state index in [9.17, 15) is 10.1 Å². The molecule has 0 aromatic heterocycles. The minimum absolute atomic E-state index is 0.168. The Bertz CT molecular complexity index is 494. The molecule has 0 bridgehead atoms. The van der Waals surface area contributed by atoms with Crippen LogP contribution < -0.4 is 5.32 Å². The van der Waals surface area contributed by atoms with Crippen molar-refractivity contribution >= 4 is 11.4 Å². The lowest BCUT2D eigenvalue weighted by atomic mass is 9.92. The number of nitro groups is 1. The molecular weight excluding hydrogens is 256 g/mol. The minimum Gasteiger partial charge on any atom is -0.381 e. The number of hydrogen-bond acceptors (Lipinski definition) is 4. The standard InChI is InChI=1S/C15H22N2O3/c1-10-8-14(15(17(18)19)9-11(10)2)16-12-4-6-13(20-3)7-5-12/h8-9,12-13,16H,4-7H2,1-3H3. The quantitative estimate of drug-likeness (QED) is 0.675. The number of nitrogens with one attached hydrogen (secondary N) is 1. The maximum Gasteiger partial charge on any atom is 0.292 e. The van der Waals surface area contributed by atoms with Crippen molar-refractivity contribution < 1.29 is 9.66 Å². The highest BCUT2D eigenvalue weighted by molar-refractivity contribution is 5.64. The van der Waals surface area contributed by atoms with E-state index in [0.717, 1.165) is 36.8 Å². The van der Waals surface area contributed by atoms with Gasteiger partial charge < -0.3 is 10.1 Å². The first-order chi connectivity index (χ1) is 9.51. The summed E-state index contributed by atoms with van der Waals surface area (Å²) in [6, 6.07) is 3.83. The van der Waals surface area contributed by atoms with Crippen LogP contribution in [0.4, 0.5) is 11.4 Å². The Morgan fingerprint density at radius 1 is 1.20 bits per heavy atom. The van der Waals surface area contributed by atoms with Gasteiger partial charge in [-0.15, -0.1) is 0 Å². The van der Waals surface area contributed by atoms with E-state index >= 15 is 0 Å². The van der Waals surface area contributed by atoms with Crippen molar-refractivity contribution in [2.45, 2.75) is 51.7 Å². The van der Waals surface area contributed by atoms with E-state index in [1.165, 1.54) is 0 Å². The Balaban J connectivity index is 2.13. The van der Waals surface area contributed by atoms with E-state index in [4.69, 9.17) is 4.74 Å². The predicted molar refractivity (Wildman–Crippen MR) is 79.2 cm³/mol. The van der Waals surface area contributed by atoms with Crippen LogP contribution in [0.15, 0.2) is 12.1 Å². The van der Waals surface area contributed by atoms with Crippen LogP contribution in [-0.2, 0) is 4.74 Å². The molecule has 1 saturated carbocycles. The van der Waals surface area contributed by atoms with Crippen LogP contribution in [0.2, 0.25) is 0 Å². The molecule has 0 saturated heterocycles. The van der Waals surface area contributed by atoms with Crippen molar-refractivity contribution in [3.05, 3.63) is 33.4 Å². The van der Waals surface area contributed by atoms with Gasteiger partial charge in [0.1, 0.15) is 5.69 Å². The van der Waals surface area contributed by atoms with Crippen molar-refractivity contribution in [3.8, 4) is 0 Å². The van der Waals surface area contributed by atoms with E-state index in [1.54, 1.807) is 13.2 Å². The summed E-state index contributed by atoms with van der Waals surface area (Å²) in [5, 5.41) is 14.5. The molecule has 0 radical (unpaired) electrons. The summed E-state index contributed by atoms with van der Waals surface area (Å²) in [6.45, 7) is 3.88. The molecule has 1 fully saturated rings. The summed E-state index contributed by atoms with van der Waals surface area (Å²) in [5.74, 6) is 0. The van der Waals surface area contributed by atoms with E-state index in [2.05, 4.69) is 5.32 Å². The lowest BCUT2D eigenvalue weighted by Crippen LogP contribution is -2.29. The molecule has 1 aliphatic rings. The SMILES string of the molecule is COC1CCC(Nc2cc(C)c(C)cc2[N+](=O)[O-])CC1. The molecule has 110 valence electrons. The Kier molecular flexibility index (Phi) is 4.60. The van der Waals surface area contributed by atoms with Gasteiger partial charge in [-0.1, -0.05) is 0 Å². The van der Waals surface area contributed by atoms with Gasteiger partial charge >= 0.3 is 0 Å². The molecular formula is C15H22N2O3. The van der Waals surface area contributed by atoms with Crippen molar-refractivity contribution in [3.63, 3.8) is 0 Å². The summed E-state index contributed by atoms with van der Waals surface area (Å²) < 4.78 is 5.35. The van der Waals surface area contributed by atoms with Crippen molar-refractivity contribution in [1.82, 2.24) is 0 Å². The summed E-state index contributed by atoms with van der Waals surface area (Å²) in [6.07, 6.45) is 4.33. The average Bonchev–Trinajstić information content (AvgIpc) is 2.43. The molecule has 1 aliphatic carbocycles. The molecule has 20 heavy (non-hydrogen) atoms. The van der Waals surface area contributed by atoms with E-state index in [1.807, 2.05) is 19.9 Å². The number of benzene rings is 1. The molecule has 1 aromatic rings. The summed E-state index contributed by atoms with van der Waals surface area (Å²) in [5.41, 5.74) is 2.83. The lowest BCUT2D eigenvalue weighted by Gasteiger charge is -2.28. The topological polar surface area (TPSA) is 64.4 Å². The lowest BCUT2D eigenvalue weighted by molar-refractivity contribution is -0.384. The Morgan fingerprint density at radius 3 is 2.35 bits per heavy atom. The fourth-order valence-corrected chi connectivity index (χ4v) is 2.73. The smallest absolute Gasteiger partial charge is 0.292 e. The highest BCUT2D eigenvalue weighted by Gasteiger charge is 2.23. The zero-order chi connectivity index (χ0) is 14.7. The van der Waals surface area contributed by atoms with Crippen LogP contribution in [0.1, 0.15) is 36.8 Å². The van der Waals surface area contributed by atoms with Gasteiger partial charge in [-0.2, -0.15) is 0 Å². The Hall–Kier alpha value is -1.62. The molecule has 5 heteroatoms. The average molecular weight is 278 g/mol. The monoisotopic (exact) mass is 278 g/mol. The number of nitrogens with zero attached hydrogens (tertiary/aromatic N) is 1. The number of ether oxygens (including phenoxy) is 1. The third kappa shape index (κ3) is 3.28. The molecule has 5 nitrogen and oxygen atoms in total. The molecule has 0 unspecified atom stereocenters. The van der Waals surface area contributed by atoms with Crippen molar-refractivity contribution in [2.24, 2.45) is 0 Å². The second-order valence-electron chi connectivity index (χ2n) is 5.56. The van der Waals surface area contributed by atoms with Gasteiger partial charge in [-0.25, -0.2) is 0 Å². The first-order valence-electron chi connectivity index (χ1n) is 7.06. The highest BCUT2D eigenvalue weighted by Crippen LogP contribution is 2.31. The second kappa shape index (κ2) is 6.22. The molecule has 0 spiro atoms. The van der Waals surface area contributed by atoms with Crippen LogP contribution in [0.5, 0.6) is 0 Å². The number of aryl methyl sites for hydroxylation is 2. The number of hydrogen-bond donors (Lipinski definition) is 1. The highest BCUT2D eigenvalue weighted by atomic mass is 16.6. The maximum atomic E-state index is 11.2. The Morgan fingerprint density at radius 2 is 1.80 bits per heavy atom. The fraction of sp³-hybridized carbons (Fsp3) is 0.600. The molecule has 0 aliphatic heterocycles. The van der Waals surface area contributed by atoms with Gasteiger partial charge in [0.05, 0.1) is 11.0 Å². The molecule has 1 N–H and O–H groups in total. The van der Waals surface area contributed by atoms with Crippen molar-refractivity contribution in [1.29, 1.82) is 0 Å². The summed E-state index contributed by atoms with van der Waals surface area (Å²) >= 11 is 0. The molecule has 0 atom stereocenters.